The minimum absolute atomic E-state index is 0.0547. The van der Waals surface area contributed by atoms with E-state index in [-0.39, 0.29) is 30.3 Å². The second kappa shape index (κ2) is 10.0. The van der Waals surface area contributed by atoms with E-state index in [1.165, 1.54) is 6.42 Å². The third-order valence-electron chi connectivity index (χ3n) is 7.19. The number of benzene rings is 1. The molecule has 3 heterocycles. The van der Waals surface area contributed by atoms with Crippen molar-refractivity contribution in [2.45, 2.75) is 58.7 Å². The molecular formula is C26H38N4O4. The molecule has 3 atom stereocenters. The maximum Gasteiger partial charge on any atom is 0.251 e. The number of piperazine rings is 1. The number of amides is 2. The summed E-state index contributed by atoms with van der Waals surface area (Å²) in [5.74, 6) is -0.549. The molecule has 8 heteroatoms. The molecule has 1 N–H and O–H groups in total. The van der Waals surface area contributed by atoms with Crippen molar-refractivity contribution in [2.24, 2.45) is 5.41 Å². The Morgan fingerprint density at radius 1 is 1.09 bits per heavy atom. The zero-order valence-corrected chi connectivity index (χ0v) is 20.9. The van der Waals surface area contributed by atoms with E-state index in [0.717, 1.165) is 38.4 Å². The number of ether oxygens (including phenoxy) is 1. The highest BCUT2D eigenvalue weighted by Crippen LogP contribution is 2.30. The van der Waals surface area contributed by atoms with Crippen molar-refractivity contribution < 1.29 is 19.1 Å². The molecule has 0 spiro atoms. The van der Waals surface area contributed by atoms with Crippen LogP contribution in [0.2, 0.25) is 0 Å². The Labute approximate surface area is 202 Å². The number of anilines is 1. The van der Waals surface area contributed by atoms with Gasteiger partial charge in [-0.3, -0.25) is 19.3 Å². The number of ketones is 1. The molecule has 0 saturated carbocycles. The quantitative estimate of drug-likeness (QED) is 0.684. The maximum absolute atomic E-state index is 13.5. The molecule has 4 rings (SSSR count). The van der Waals surface area contributed by atoms with Crippen molar-refractivity contribution in [3.8, 4) is 0 Å². The molecule has 0 radical (unpaired) electrons. The zero-order valence-electron chi connectivity index (χ0n) is 20.9. The van der Waals surface area contributed by atoms with E-state index in [4.69, 9.17) is 4.74 Å². The van der Waals surface area contributed by atoms with E-state index >= 15 is 0 Å². The van der Waals surface area contributed by atoms with Gasteiger partial charge in [-0.25, -0.2) is 0 Å². The van der Waals surface area contributed by atoms with Gasteiger partial charge < -0.3 is 19.9 Å². The number of hydrogen-bond acceptors (Lipinski definition) is 6. The number of likely N-dealkylation sites (tertiary alicyclic amines) is 1. The number of nitrogens with zero attached hydrogens (tertiary/aromatic N) is 3. The lowest BCUT2D eigenvalue weighted by molar-refractivity contribution is -0.140. The van der Waals surface area contributed by atoms with Gasteiger partial charge in [-0.1, -0.05) is 27.7 Å². The number of nitrogens with one attached hydrogen (secondary N) is 1. The van der Waals surface area contributed by atoms with E-state index in [9.17, 15) is 14.4 Å². The first-order chi connectivity index (χ1) is 16.2. The molecule has 1 aromatic carbocycles. The Morgan fingerprint density at radius 3 is 2.38 bits per heavy atom. The summed E-state index contributed by atoms with van der Waals surface area (Å²) in [6.07, 6.45) is 1.61. The van der Waals surface area contributed by atoms with Gasteiger partial charge in [0.25, 0.3) is 5.91 Å². The first-order valence-corrected chi connectivity index (χ1v) is 12.5. The van der Waals surface area contributed by atoms with Crippen molar-refractivity contribution >= 4 is 23.3 Å². The Hall–Kier alpha value is -2.45. The minimum atomic E-state index is -0.738. The molecule has 3 fully saturated rings. The molecule has 0 unspecified atom stereocenters. The number of hydrogen-bond donors (Lipinski definition) is 1. The topological polar surface area (TPSA) is 82.2 Å². The van der Waals surface area contributed by atoms with Gasteiger partial charge in [-0.05, 0) is 49.1 Å². The van der Waals surface area contributed by atoms with Crippen LogP contribution >= 0.6 is 0 Å². The average molecular weight is 471 g/mol. The average Bonchev–Trinajstić information content (AvgIpc) is 3.40. The van der Waals surface area contributed by atoms with Crippen molar-refractivity contribution in [1.82, 2.24) is 15.1 Å². The Bertz CT molecular complexity index is 902. The van der Waals surface area contributed by atoms with Crippen LogP contribution in [0.15, 0.2) is 24.3 Å². The van der Waals surface area contributed by atoms with Crippen molar-refractivity contribution in [3.63, 3.8) is 0 Å². The molecule has 0 bridgehead atoms. The number of carbonyl (C=O) groups excluding carboxylic acids is 3. The molecular weight excluding hydrogens is 432 g/mol. The Balaban J connectivity index is 1.41. The van der Waals surface area contributed by atoms with Gasteiger partial charge in [-0.2, -0.15) is 0 Å². The van der Waals surface area contributed by atoms with Gasteiger partial charge in [0.1, 0.15) is 18.7 Å². The normalized spacial score (nSPS) is 24.3. The lowest BCUT2D eigenvalue weighted by Gasteiger charge is -2.36. The smallest absolute Gasteiger partial charge is 0.251 e. The summed E-state index contributed by atoms with van der Waals surface area (Å²) < 4.78 is 5.53. The van der Waals surface area contributed by atoms with Gasteiger partial charge in [0.05, 0.1) is 6.10 Å². The van der Waals surface area contributed by atoms with Crippen LogP contribution in [-0.2, 0) is 14.3 Å². The molecule has 0 aliphatic carbocycles. The standard InChI is InChI=1S/C26H38N4O4/c1-5-11-28-13-15-29(16-14-28)19-8-6-18(7-9-19)24(32)27-23(26(2,3)4)25(33)30-12-10-21-22(30)20(31)17-34-21/h6-9,21-23H,5,10-17H2,1-4H3,(H,27,32)/t21-,22-,23-/m1/s1. The molecule has 2 amide bonds. The molecule has 3 aliphatic rings. The SMILES string of the molecule is CCCN1CCN(c2ccc(C(=O)N[C@H](C(=O)N3CC[C@H]4OCC(=O)[C@H]43)C(C)(C)C)cc2)CC1. The summed E-state index contributed by atoms with van der Waals surface area (Å²) in [5.41, 5.74) is 1.12. The van der Waals surface area contributed by atoms with Gasteiger partial charge in [0.15, 0.2) is 5.78 Å². The molecule has 34 heavy (non-hydrogen) atoms. The van der Waals surface area contributed by atoms with Crippen LogP contribution in [0.3, 0.4) is 0 Å². The summed E-state index contributed by atoms with van der Waals surface area (Å²) in [4.78, 5) is 45.3. The lowest BCUT2D eigenvalue weighted by Crippen LogP contribution is -2.57. The molecule has 1 aromatic rings. The van der Waals surface area contributed by atoms with E-state index in [1.54, 1.807) is 4.90 Å². The minimum Gasteiger partial charge on any atom is -0.369 e. The van der Waals surface area contributed by atoms with E-state index in [2.05, 4.69) is 22.0 Å². The number of Topliss-reactive ketones (excluding diaryl/α,β-unsaturated/α-hetero) is 1. The third kappa shape index (κ3) is 5.13. The highest BCUT2D eigenvalue weighted by atomic mass is 16.5. The van der Waals surface area contributed by atoms with Crippen LogP contribution < -0.4 is 10.2 Å². The Kier molecular flexibility index (Phi) is 7.28. The maximum atomic E-state index is 13.5. The van der Waals surface area contributed by atoms with Crippen LogP contribution in [0.5, 0.6) is 0 Å². The van der Waals surface area contributed by atoms with Gasteiger partial charge in [0, 0.05) is 44.0 Å². The van der Waals surface area contributed by atoms with E-state index in [1.807, 2.05) is 45.0 Å². The fourth-order valence-corrected chi connectivity index (χ4v) is 5.24. The van der Waals surface area contributed by atoms with E-state index < -0.39 is 17.5 Å². The largest absolute Gasteiger partial charge is 0.369 e. The summed E-state index contributed by atoms with van der Waals surface area (Å²) in [6, 6.07) is 6.36. The second-order valence-electron chi connectivity index (χ2n) is 10.7. The Morgan fingerprint density at radius 2 is 1.76 bits per heavy atom. The van der Waals surface area contributed by atoms with Gasteiger partial charge in [-0.15, -0.1) is 0 Å². The summed E-state index contributed by atoms with van der Waals surface area (Å²) >= 11 is 0. The zero-order chi connectivity index (χ0) is 24.5. The van der Waals surface area contributed by atoms with Crippen molar-refractivity contribution in [1.29, 1.82) is 0 Å². The van der Waals surface area contributed by atoms with Gasteiger partial charge >= 0.3 is 0 Å². The number of carbonyl (C=O) groups is 3. The first kappa shape index (κ1) is 24.7. The highest BCUT2D eigenvalue weighted by molar-refractivity contribution is 5.99. The van der Waals surface area contributed by atoms with Crippen molar-refractivity contribution in [3.05, 3.63) is 29.8 Å². The van der Waals surface area contributed by atoms with Crippen LogP contribution in [-0.4, -0.2) is 91.5 Å². The predicted octanol–water partition coefficient (Wildman–Crippen LogP) is 1.93. The summed E-state index contributed by atoms with van der Waals surface area (Å²) in [6.45, 7) is 13.7. The third-order valence-corrected chi connectivity index (χ3v) is 7.19. The predicted molar refractivity (Wildman–Crippen MR) is 131 cm³/mol. The summed E-state index contributed by atoms with van der Waals surface area (Å²) in [7, 11) is 0. The van der Waals surface area contributed by atoms with Gasteiger partial charge in [0.2, 0.25) is 5.91 Å². The number of rotatable bonds is 6. The van der Waals surface area contributed by atoms with Crippen LogP contribution in [0.25, 0.3) is 0 Å². The van der Waals surface area contributed by atoms with Crippen LogP contribution in [0.1, 0.15) is 50.9 Å². The second-order valence-corrected chi connectivity index (χ2v) is 10.7. The van der Waals surface area contributed by atoms with Crippen LogP contribution in [0.4, 0.5) is 5.69 Å². The molecule has 0 aromatic heterocycles. The van der Waals surface area contributed by atoms with Crippen molar-refractivity contribution in [2.75, 3.05) is 50.8 Å². The molecule has 3 saturated heterocycles. The molecule has 8 nitrogen and oxygen atoms in total. The summed E-state index contributed by atoms with van der Waals surface area (Å²) in [5, 5.41) is 2.96. The highest BCUT2D eigenvalue weighted by Gasteiger charge is 2.49. The number of fused-ring (bicyclic) bond motifs is 1. The fourth-order valence-electron chi connectivity index (χ4n) is 5.24. The fraction of sp³-hybridized carbons (Fsp3) is 0.654. The first-order valence-electron chi connectivity index (χ1n) is 12.5. The van der Waals surface area contributed by atoms with E-state index in [0.29, 0.717) is 18.5 Å². The monoisotopic (exact) mass is 470 g/mol. The molecule has 186 valence electrons. The van der Waals surface area contributed by atoms with Crippen LogP contribution in [0, 0.1) is 5.41 Å². The molecule has 3 aliphatic heterocycles. The lowest BCUT2D eigenvalue weighted by atomic mass is 9.85.